The molecule has 0 radical (unpaired) electrons. The Bertz CT molecular complexity index is 637. The highest BCUT2D eigenvalue weighted by molar-refractivity contribution is 5.73. The van der Waals surface area contributed by atoms with Gasteiger partial charge in [0.2, 0.25) is 0 Å². The molecule has 1 unspecified atom stereocenters. The number of hydrogen-bond acceptors (Lipinski definition) is 4. The van der Waals surface area contributed by atoms with E-state index in [1.54, 1.807) is 0 Å². The Morgan fingerprint density at radius 2 is 2.04 bits per heavy atom. The van der Waals surface area contributed by atoms with E-state index in [4.69, 9.17) is 9.47 Å². The van der Waals surface area contributed by atoms with Crippen LogP contribution in [0.5, 0.6) is 11.5 Å². The number of carboxylic acids is 1. The molecule has 1 saturated heterocycles. The van der Waals surface area contributed by atoms with E-state index < -0.39 is 5.97 Å². The van der Waals surface area contributed by atoms with Gasteiger partial charge in [0.05, 0.1) is 13.2 Å². The van der Waals surface area contributed by atoms with Crippen LogP contribution in [0.3, 0.4) is 0 Å². The van der Waals surface area contributed by atoms with E-state index in [2.05, 4.69) is 17.9 Å². The maximum atomic E-state index is 11.5. The van der Waals surface area contributed by atoms with Gasteiger partial charge in [0.15, 0.2) is 0 Å². The van der Waals surface area contributed by atoms with Gasteiger partial charge in [-0.3, -0.25) is 9.69 Å². The van der Waals surface area contributed by atoms with E-state index in [1.807, 2.05) is 19.1 Å². The van der Waals surface area contributed by atoms with Crippen molar-refractivity contribution in [3.05, 3.63) is 23.8 Å². The van der Waals surface area contributed by atoms with Gasteiger partial charge in [0, 0.05) is 11.0 Å². The van der Waals surface area contributed by atoms with Crippen LogP contribution in [-0.4, -0.2) is 48.3 Å². The summed E-state index contributed by atoms with van der Waals surface area (Å²) in [6.45, 7) is 7.22. The Hall–Kier alpha value is -1.75. The summed E-state index contributed by atoms with van der Waals surface area (Å²) in [5, 5.41) is 9.43. The highest BCUT2D eigenvalue weighted by Crippen LogP contribution is 2.47. The van der Waals surface area contributed by atoms with Crippen LogP contribution >= 0.6 is 0 Å². The summed E-state index contributed by atoms with van der Waals surface area (Å²) < 4.78 is 12.0. The SMILES string of the molecule is CCCCCCOc1ccc2c(c1)C1(CCN(C(CC)C(=O)O)CC1)CO2. The van der Waals surface area contributed by atoms with Gasteiger partial charge >= 0.3 is 5.97 Å². The second-order valence-corrected chi connectivity index (χ2v) is 7.93. The second kappa shape index (κ2) is 8.96. The van der Waals surface area contributed by atoms with Crippen molar-refractivity contribution in [1.29, 1.82) is 0 Å². The van der Waals surface area contributed by atoms with Crippen LogP contribution in [0.1, 0.15) is 64.4 Å². The number of hydrogen-bond donors (Lipinski definition) is 1. The van der Waals surface area contributed by atoms with Crippen molar-refractivity contribution in [2.45, 2.75) is 70.3 Å². The molecule has 2 heterocycles. The largest absolute Gasteiger partial charge is 0.494 e. The molecule has 5 heteroatoms. The topological polar surface area (TPSA) is 59.0 Å². The molecule has 1 aromatic carbocycles. The number of carbonyl (C=O) groups is 1. The van der Waals surface area contributed by atoms with Gasteiger partial charge < -0.3 is 14.6 Å². The molecule has 3 rings (SSSR count). The first-order chi connectivity index (χ1) is 13.1. The Morgan fingerprint density at radius 1 is 1.26 bits per heavy atom. The standard InChI is InChI=1S/C22H33NO4/c1-3-5-6-7-14-26-17-8-9-20-18(15-17)22(16-27-20)10-12-23(13-11-22)19(4-2)21(24)25/h8-9,15,19H,3-7,10-14,16H2,1-2H3,(H,24,25). The Labute approximate surface area is 162 Å². The summed E-state index contributed by atoms with van der Waals surface area (Å²) in [6.07, 6.45) is 7.31. The molecule has 1 spiro atoms. The van der Waals surface area contributed by atoms with Crippen molar-refractivity contribution in [1.82, 2.24) is 4.90 Å². The fourth-order valence-corrected chi connectivity index (χ4v) is 4.42. The lowest BCUT2D eigenvalue weighted by Crippen LogP contribution is -2.50. The van der Waals surface area contributed by atoms with Crippen LogP contribution in [0.15, 0.2) is 18.2 Å². The third-order valence-electron chi connectivity index (χ3n) is 6.16. The number of unbranched alkanes of at least 4 members (excludes halogenated alkanes) is 3. The molecule has 0 saturated carbocycles. The number of benzene rings is 1. The third kappa shape index (κ3) is 4.40. The van der Waals surface area contributed by atoms with Crippen LogP contribution in [0.4, 0.5) is 0 Å². The molecule has 0 amide bonds. The molecule has 1 fully saturated rings. The average Bonchev–Trinajstić information content (AvgIpc) is 3.01. The molecule has 1 N–H and O–H groups in total. The van der Waals surface area contributed by atoms with Gasteiger partial charge in [-0.2, -0.15) is 0 Å². The minimum absolute atomic E-state index is 0.00418. The first-order valence-electron chi connectivity index (χ1n) is 10.5. The fourth-order valence-electron chi connectivity index (χ4n) is 4.42. The van der Waals surface area contributed by atoms with Crippen molar-refractivity contribution in [2.75, 3.05) is 26.3 Å². The number of rotatable bonds is 9. The number of piperidine rings is 1. The first-order valence-corrected chi connectivity index (χ1v) is 10.5. The number of carboxylic acid groups (broad SMARTS) is 1. The van der Waals surface area contributed by atoms with Crippen molar-refractivity contribution >= 4 is 5.97 Å². The predicted octanol–water partition coefficient (Wildman–Crippen LogP) is 4.23. The molecule has 5 nitrogen and oxygen atoms in total. The molecule has 0 bridgehead atoms. The van der Waals surface area contributed by atoms with Crippen LogP contribution in [0, 0.1) is 0 Å². The van der Waals surface area contributed by atoms with Gasteiger partial charge in [0.25, 0.3) is 0 Å². The molecule has 2 aliphatic heterocycles. The van der Waals surface area contributed by atoms with E-state index >= 15 is 0 Å². The molecule has 0 aromatic heterocycles. The highest BCUT2D eigenvalue weighted by Gasteiger charge is 2.44. The average molecular weight is 376 g/mol. The molecule has 150 valence electrons. The molecule has 0 aliphatic carbocycles. The third-order valence-corrected chi connectivity index (χ3v) is 6.16. The Morgan fingerprint density at radius 3 is 2.70 bits per heavy atom. The van der Waals surface area contributed by atoms with Crippen LogP contribution in [0.25, 0.3) is 0 Å². The molecular formula is C22H33NO4. The fraction of sp³-hybridized carbons (Fsp3) is 0.682. The summed E-state index contributed by atoms with van der Waals surface area (Å²) in [5.74, 6) is 1.18. The molecule has 27 heavy (non-hydrogen) atoms. The van der Waals surface area contributed by atoms with Crippen LogP contribution < -0.4 is 9.47 Å². The molecule has 2 aliphatic rings. The molecule has 1 aromatic rings. The van der Waals surface area contributed by atoms with Gasteiger partial charge in [-0.05, 0) is 57.0 Å². The summed E-state index contributed by atoms with van der Waals surface area (Å²) in [5.41, 5.74) is 1.25. The molecular weight excluding hydrogens is 342 g/mol. The predicted molar refractivity (Wildman–Crippen MR) is 106 cm³/mol. The van der Waals surface area contributed by atoms with Gasteiger partial charge in [-0.1, -0.05) is 33.1 Å². The van der Waals surface area contributed by atoms with E-state index in [0.29, 0.717) is 13.0 Å². The first kappa shape index (κ1) is 20.0. The van der Waals surface area contributed by atoms with Gasteiger partial charge in [-0.25, -0.2) is 0 Å². The van der Waals surface area contributed by atoms with Crippen LogP contribution in [-0.2, 0) is 10.2 Å². The quantitative estimate of drug-likeness (QED) is 0.655. The van der Waals surface area contributed by atoms with Crippen LogP contribution in [0.2, 0.25) is 0 Å². The number of likely N-dealkylation sites (tertiary alicyclic amines) is 1. The van der Waals surface area contributed by atoms with Gasteiger partial charge in [0.1, 0.15) is 17.5 Å². The minimum Gasteiger partial charge on any atom is -0.494 e. The zero-order valence-electron chi connectivity index (χ0n) is 16.7. The lowest BCUT2D eigenvalue weighted by molar-refractivity contribution is -0.144. The monoisotopic (exact) mass is 375 g/mol. The zero-order chi connectivity index (χ0) is 19.3. The number of fused-ring (bicyclic) bond motifs is 2. The van der Waals surface area contributed by atoms with Crippen molar-refractivity contribution in [2.24, 2.45) is 0 Å². The number of ether oxygens (including phenoxy) is 2. The van der Waals surface area contributed by atoms with Crippen molar-refractivity contribution in [3.63, 3.8) is 0 Å². The van der Waals surface area contributed by atoms with E-state index in [-0.39, 0.29) is 11.5 Å². The lowest BCUT2D eigenvalue weighted by atomic mass is 9.74. The summed E-state index contributed by atoms with van der Waals surface area (Å²) in [7, 11) is 0. The zero-order valence-corrected chi connectivity index (χ0v) is 16.7. The summed E-state index contributed by atoms with van der Waals surface area (Å²) in [4.78, 5) is 13.6. The lowest BCUT2D eigenvalue weighted by Gasteiger charge is -2.40. The van der Waals surface area contributed by atoms with E-state index in [9.17, 15) is 9.90 Å². The Kier molecular flexibility index (Phi) is 6.64. The van der Waals surface area contributed by atoms with E-state index in [0.717, 1.165) is 50.5 Å². The summed E-state index contributed by atoms with van der Waals surface area (Å²) in [6, 6.07) is 5.82. The van der Waals surface area contributed by atoms with Crippen molar-refractivity contribution < 1.29 is 19.4 Å². The maximum Gasteiger partial charge on any atom is 0.320 e. The smallest absolute Gasteiger partial charge is 0.320 e. The summed E-state index contributed by atoms with van der Waals surface area (Å²) >= 11 is 0. The Balaban J connectivity index is 1.64. The number of aliphatic carboxylic acids is 1. The second-order valence-electron chi connectivity index (χ2n) is 7.93. The number of nitrogens with zero attached hydrogens (tertiary/aromatic N) is 1. The van der Waals surface area contributed by atoms with Crippen molar-refractivity contribution in [3.8, 4) is 11.5 Å². The van der Waals surface area contributed by atoms with Gasteiger partial charge in [-0.15, -0.1) is 0 Å². The molecule has 1 atom stereocenters. The normalized spacial score (nSPS) is 19.5. The maximum absolute atomic E-state index is 11.5. The highest BCUT2D eigenvalue weighted by atomic mass is 16.5. The van der Waals surface area contributed by atoms with E-state index in [1.165, 1.54) is 24.8 Å². The minimum atomic E-state index is -0.713.